The van der Waals surface area contributed by atoms with E-state index in [1.165, 1.54) is 0 Å². The minimum Gasteiger partial charge on any atom is -0.508 e. The second-order valence-electron chi connectivity index (χ2n) is 6.15. The van der Waals surface area contributed by atoms with Crippen molar-refractivity contribution in [1.82, 2.24) is 0 Å². The van der Waals surface area contributed by atoms with Gasteiger partial charge in [-0.3, -0.25) is 4.79 Å². The Morgan fingerprint density at radius 3 is 1.84 bits per heavy atom. The zero-order chi connectivity index (χ0) is 17.4. The van der Waals surface area contributed by atoms with Crippen molar-refractivity contribution < 1.29 is 15.0 Å². The van der Waals surface area contributed by atoms with Crippen LogP contribution < -0.4 is 4.90 Å². The lowest BCUT2D eigenvalue weighted by atomic mass is 9.77. The van der Waals surface area contributed by atoms with Crippen LogP contribution in [0.4, 0.5) is 5.69 Å². The van der Waals surface area contributed by atoms with E-state index in [0.29, 0.717) is 0 Å². The number of β-lactam (4-membered cyclic amide) rings is 1. The lowest BCUT2D eigenvalue weighted by Gasteiger charge is -2.47. The number of hydrogen-bond donors (Lipinski definition) is 2. The summed E-state index contributed by atoms with van der Waals surface area (Å²) in [4.78, 5) is 14.7. The van der Waals surface area contributed by atoms with Crippen molar-refractivity contribution >= 4 is 11.6 Å². The molecule has 4 heteroatoms. The topological polar surface area (TPSA) is 60.8 Å². The first-order valence-electron chi connectivity index (χ1n) is 8.11. The van der Waals surface area contributed by atoms with E-state index < -0.39 is 0 Å². The average Bonchev–Trinajstić information content (AvgIpc) is 2.63. The first-order valence-corrected chi connectivity index (χ1v) is 8.11. The summed E-state index contributed by atoms with van der Waals surface area (Å²) < 4.78 is 0. The Morgan fingerprint density at radius 1 is 0.680 bits per heavy atom. The van der Waals surface area contributed by atoms with Gasteiger partial charge in [0, 0.05) is 5.69 Å². The van der Waals surface area contributed by atoms with Crippen LogP contribution in [0.2, 0.25) is 0 Å². The van der Waals surface area contributed by atoms with Crippen molar-refractivity contribution in [2.75, 3.05) is 4.90 Å². The Morgan fingerprint density at radius 2 is 1.24 bits per heavy atom. The van der Waals surface area contributed by atoms with E-state index in [9.17, 15) is 15.0 Å². The molecular formula is C21H17NO3. The highest BCUT2D eigenvalue weighted by Crippen LogP contribution is 2.49. The Hall–Kier alpha value is -3.27. The number of carbonyl (C=O) groups excluding carboxylic acids is 1. The van der Waals surface area contributed by atoms with Crippen LogP contribution in [0.25, 0.3) is 0 Å². The van der Waals surface area contributed by atoms with Crippen LogP contribution in [0.3, 0.4) is 0 Å². The molecule has 0 aromatic heterocycles. The molecule has 3 aromatic rings. The number of nitrogens with zero attached hydrogens (tertiary/aromatic N) is 1. The largest absolute Gasteiger partial charge is 0.508 e. The van der Waals surface area contributed by atoms with Gasteiger partial charge in [0.25, 0.3) is 0 Å². The highest BCUT2D eigenvalue weighted by Gasteiger charge is 2.49. The Labute approximate surface area is 145 Å². The molecule has 0 unspecified atom stereocenters. The van der Waals surface area contributed by atoms with Gasteiger partial charge in [0.15, 0.2) is 0 Å². The maximum atomic E-state index is 12.9. The van der Waals surface area contributed by atoms with E-state index in [-0.39, 0.29) is 29.4 Å². The zero-order valence-corrected chi connectivity index (χ0v) is 13.4. The Balaban J connectivity index is 1.77. The molecule has 1 heterocycles. The summed E-state index contributed by atoms with van der Waals surface area (Å²) in [5.74, 6) is 0.119. The SMILES string of the molecule is O=C1[C@@H](c2ccccc2)[C@H](c2ccc(O)cc2)N1c1ccc(O)cc1. The molecule has 25 heavy (non-hydrogen) atoms. The third kappa shape index (κ3) is 2.62. The van der Waals surface area contributed by atoms with Crippen LogP contribution >= 0.6 is 0 Å². The standard InChI is InChI=1S/C21H17NO3/c23-17-10-6-15(7-11-17)20-19(14-4-2-1-3-5-14)21(25)22(20)16-8-12-18(24)13-9-16/h1-13,19-20,23-24H/t19-,20-/m0/s1. The van der Waals surface area contributed by atoms with Gasteiger partial charge in [0.05, 0.1) is 12.0 Å². The number of hydrogen-bond acceptors (Lipinski definition) is 3. The average molecular weight is 331 g/mol. The molecule has 4 rings (SSSR count). The minimum atomic E-state index is -0.264. The van der Waals surface area contributed by atoms with E-state index in [2.05, 4.69) is 0 Å². The number of rotatable bonds is 3. The van der Waals surface area contributed by atoms with Gasteiger partial charge in [-0.25, -0.2) is 0 Å². The second-order valence-corrected chi connectivity index (χ2v) is 6.15. The molecule has 1 fully saturated rings. The predicted molar refractivity (Wildman–Crippen MR) is 95.6 cm³/mol. The number of anilines is 1. The summed E-state index contributed by atoms with van der Waals surface area (Å²) >= 11 is 0. The summed E-state index contributed by atoms with van der Waals surface area (Å²) in [6, 6.07) is 23.1. The maximum absolute atomic E-state index is 12.9. The Kier molecular flexibility index (Phi) is 3.65. The van der Waals surface area contributed by atoms with Crippen LogP contribution in [-0.4, -0.2) is 16.1 Å². The van der Waals surface area contributed by atoms with E-state index in [1.807, 2.05) is 42.5 Å². The summed E-state index contributed by atoms with van der Waals surface area (Å²) in [6.45, 7) is 0. The number of carbonyl (C=O) groups is 1. The Bertz CT molecular complexity index is 889. The number of phenolic OH excluding ortho intramolecular Hbond substituents is 2. The third-order valence-corrected chi connectivity index (χ3v) is 4.62. The highest BCUT2D eigenvalue weighted by atomic mass is 16.3. The van der Waals surface area contributed by atoms with Crippen molar-refractivity contribution in [2.24, 2.45) is 0 Å². The van der Waals surface area contributed by atoms with E-state index in [0.717, 1.165) is 16.8 Å². The normalized spacial score (nSPS) is 19.5. The van der Waals surface area contributed by atoms with Crippen molar-refractivity contribution in [1.29, 1.82) is 0 Å². The molecule has 1 saturated heterocycles. The fourth-order valence-corrected chi connectivity index (χ4v) is 3.39. The molecule has 0 bridgehead atoms. The molecule has 3 aromatic carbocycles. The van der Waals surface area contributed by atoms with E-state index >= 15 is 0 Å². The summed E-state index contributed by atoms with van der Waals surface area (Å²) in [6.07, 6.45) is 0. The summed E-state index contributed by atoms with van der Waals surface area (Å²) in [5.41, 5.74) is 2.67. The summed E-state index contributed by atoms with van der Waals surface area (Å²) in [5, 5.41) is 19.1. The third-order valence-electron chi connectivity index (χ3n) is 4.62. The molecule has 0 spiro atoms. The summed E-state index contributed by atoms with van der Waals surface area (Å²) in [7, 11) is 0. The molecule has 2 N–H and O–H groups in total. The lowest BCUT2D eigenvalue weighted by molar-refractivity contribution is -0.126. The smallest absolute Gasteiger partial charge is 0.237 e. The highest BCUT2D eigenvalue weighted by molar-refractivity contribution is 6.06. The monoisotopic (exact) mass is 331 g/mol. The number of amides is 1. The fraction of sp³-hybridized carbons (Fsp3) is 0.0952. The van der Waals surface area contributed by atoms with Gasteiger partial charge in [0.2, 0.25) is 5.91 Å². The van der Waals surface area contributed by atoms with Gasteiger partial charge < -0.3 is 15.1 Å². The quantitative estimate of drug-likeness (QED) is 0.714. The molecule has 4 nitrogen and oxygen atoms in total. The van der Waals surface area contributed by atoms with Crippen LogP contribution in [0.1, 0.15) is 23.1 Å². The number of benzene rings is 3. The van der Waals surface area contributed by atoms with Gasteiger partial charge >= 0.3 is 0 Å². The second kappa shape index (κ2) is 5.98. The van der Waals surface area contributed by atoms with Gasteiger partial charge in [0.1, 0.15) is 11.5 Å². The molecule has 0 saturated carbocycles. The van der Waals surface area contributed by atoms with Crippen LogP contribution in [-0.2, 0) is 4.79 Å². The first kappa shape index (κ1) is 15.3. The van der Waals surface area contributed by atoms with Crippen molar-refractivity contribution in [2.45, 2.75) is 12.0 Å². The first-order chi connectivity index (χ1) is 12.1. The van der Waals surface area contributed by atoms with Gasteiger partial charge in [-0.15, -0.1) is 0 Å². The van der Waals surface area contributed by atoms with Crippen LogP contribution in [0.15, 0.2) is 78.9 Å². The predicted octanol–water partition coefficient (Wildman–Crippen LogP) is 3.97. The van der Waals surface area contributed by atoms with E-state index in [4.69, 9.17) is 0 Å². The maximum Gasteiger partial charge on any atom is 0.237 e. The van der Waals surface area contributed by atoms with Crippen LogP contribution in [0, 0.1) is 0 Å². The number of aromatic hydroxyl groups is 2. The molecule has 1 aliphatic rings. The molecule has 1 amide bonds. The zero-order valence-electron chi connectivity index (χ0n) is 13.4. The molecular weight excluding hydrogens is 314 g/mol. The lowest BCUT2D eigenvalue weighted by Crippen LogP contribution is -2.53. The molecule has 0 aliphatic carbocycles. The number of phenols is 2. The fourth-order valence-electron chi connectivity index (χ4n) is 3.39. The molecule has 2 atom stereocenters. The molecule has 1 aliphatic heterocycles. The minimum absolute atomic E-state index is 0.0231. The van der Waals surface area contributed by atoms with Crippen LogP contribution in [0.5, 0.6) is 11.5 Å². The van der Waals surface area contributed by atoms with Gasteiger partial charge in [-0.2, -0.15) is 0 Å². The van der Waals surface area contributed by atoms with E-state index in [1.54, 1.807) is 41.3 Å². The van der Waals surface area contributed by atoms with Crippen molar-refractivity contribution in [3.05, 3.63) is 90.0 Å². The van der Waals surface area contributed by atoms with Crippen molar-refractivity contribution in [3.63, 3.8) is 0 Å². The van der Waals surface area contributed by atoms with Gasteiger partial charge in [-0.1, -0.05) is 42.5 Å². The molecule has 0 radical (unpaired) electrons. The van der Waals surface area contributed by atoms with Crippen molar-refractivity contribution in [3.8, 4) is 11.5 Å². The molecule has 124 valence electrons. The van der Waals surface area contributed by atoms with Gasteiger partial charge in [-0.05, 0) is 47.5 Å².